The molecule has 0 unspecified atom stereocenters. The molecule has 0 saturated heterocycles. The van der Waals surface area contributed by atoms with Crippen LogP contribution in [0.5, 0.6) is 5.75 Å². The lowest BCUT2D eigenvalue weighted by Crippen LogP contribution is -2.23. The molecule has 8 heteroatoms. The highest BCUT2D eigenvalue weighted by Gasteiger charge is 2.09. The predicted molar refractivity (Wildman–Crippen MR) is 105 cm³/mol. The summed E-state index contributed by atoms with van der Waals surface area (Å²) < 4.78 is 10.9. The maximum Gasteiger partial charge on any atom is 0.194 e. The van der Waals surface area contributed by atoms with Crippen molar-refractivity contribution in [3.63, 3.8) is 0 Å². The smallest absolute Gasteiger partial charge is 0.194 e. The van der Waals surface area contributed by atoms with Crippen molar-refractivity contribution in [1.82, 2.24) is 4.98 Å². The van der Waals surface area contributed by atoms with E-state index in [9.17, 15) is 0 Å². The topological polar surface area (TPSA) is 112 Å². The van der Waals surface area contributed by atoms with Crippen LogP contribution in [-0.2, 0) is 13.0 Å². The predicted octanol–water partition coefficient (Wildman–Crippen LogP) is 2.84. The number of ether oxygens (including phenoxy) is 1. The molecule has 0 bridgehead atoms. The summed E-state index contributed by atoms with van der Waals surface area (Å²) in [5, 5.41) is 5.55. The molecular formula is C18H21N5O2S. The molecule has 0 amide bonds. The van der Waals surface area contributed by atoms with Gasteiger partial charge in [0.25, 0.3) is 0 Å². The molecule has 3 aromatic rings. The summed E-state index contributed by atoms with van der Waals surface area (Å²) in [5.74, 6) is 2.58. The number of aliphatic imine (C=N–C) groups is 1. The monoisotopic (exact) mass is 371 g/mol. The van der Waals surface area contributed by atoms with Crippen molar-refractivity contribution in [2.75, 3.05) is 19.0 Å². The largest absolute Gasteiger partial charge is 0.496 e. The van der Waals surface area contributed by atoms with Crippen LogP contribution in [-0.4, -0.2) is 24.6 Å². The lowest BCUT2D eigenvalue weighted by molar-refractivity contribution is 0.410. The zero-order chi connectivity index (χ0) is 18.4. The minimum absolute atomic E-state index is 0.322. The summed E-state index contributed by atoms with van der Waals surface area (Å²) in [5.41, 5.74) is 13.3. The van der Waals surface area contributed by atoms with Gasteiger partial charge in [-0.2, -0.15) is 0 Å². The fraction of sp³-hybridized carbons (Fsp3) is 0.222. The Bertz CT molecular complexity index is 887. The molecule has 2 heterocycles. The lowest BCUT2D eigenvalue weighted by Gasteiger charge is -2.06. The molecule has 0 saturated carbocycles. The second-order valence-corrected chi connectivity index (χ2v) is 6.32. The number of rotatable bonds is 7. The normalized spacial score (nSPS) is 11.5. The highest BCUT2D eigenvalue weighted by Crippen LogP contribution is 2.26. The molecule has 0 fully saturated rings. The van der Waals surface area contributed by atoms with Gasteiger partial charge in [-0.1, -0.05) is 18.2 Å². The zero-order valence-corrected chi connectivity index (χ0v) is 15.3. The first kappa shape index (κ1) is 18.0. The third-order valence-electron chi connectivity index (χ3n) is 3.71. The third kappa shape index (κ3) is 4.41. The molecule has 0 aliphatic heterocycles. The number of para-hydroxylation sites is 1. The van der Waals surface area contributed by atoms with E-state index in [2.05, 4.69) is 15.3 Å². The number of hydrogen-bond acceptors (Lipinski definition) is 6. The van der Waals surface area contributed by atoms with E-state index in [-0.39, 0.29) is 0 Å². The highest BCUT2D eigenvalue weighted by atomic mass is 32.1. The van der Waals surface area contributed by atoms with Gasteiger partial charge in [0.1, 0.15) is 17.2 Å². The van der Waals surface area contributed by atoms with Gasteiger partial charge in [-0.3, -0.25) is 4.99 Å². The van der Waals surface area contributed by atoms with Gasteiger partial charge < -0.3 is 25.9 Å². The van der Waals surface area contributed by atoms with Crippen molar-refractivity contribution < 1.29 is 9.15 Å². The van der Waals surface area contributed by atoms with E-state index in [1.54, 1.807) is 7.11 Å². The first-order valence-corrected chi connectivity index (χ1v) is 9.01. The molecule has 1 aromatic carbocycles. The molecule has 2 aromatic heterocycles. The van der Waals surface area contributed by atoms with Crippen LogP contribution in [0, 0.1) is 0 Å². The lowest BCUT2D eigenvalue weighted by atomic mass is 10.1. The Hall–Kier alpha value is -2.84. The second-order valence-electron chi connectivity index (χ2n) is 5.46. The van der Waals surface area contributed by atoms with E-state index in [0.717, 1.165) is 29.2 Å². The van der Waals surface area contributed by atoms with Crippen molar-refractivity contribution in [3.8, 4) is 17.2 Å². The first-order valence-electron chi connectivity index (χ1n) is 8.13. The number of methoxy groups -OCH3 is 1. The minimum atomic E-state index is 0.322. The van der Waals surface area contributed by atoms with Gasteiger partial charge in [0, 0.05) is 11.9 Å². The summed E-state index contributed by atoms with van der Waals surface area (Å²) in [4.78, 5) is 8.80. The van der Waals surface area contributed by atoms with Crippen LogP contribution < -0.4 is 21.5 Å². The number of anilines is 1. The van der Waals surface area contributed by atoms with Crippen LogP contribution in [0.3, 0.4) is 0 Å². The molecular weight excluding hydrogens is 350 g/mol. The van der Waals surface area contributed by atoms with Crippen LogP contribution in [0.25, 0.3) is 11.5 Å². The molecule has 0 aliphatic rings. The molecule has 0 aliphatic carbocycles. The van der Waals surface area contributed by atoms with E-state index < -0.39 is 0 Å². The van der Waals surface area contributed by atoms with Crippen molar-refractivity contribution >= 4 is 22.4 Å². The first-order chi connectivity index (χ1) is 12.7. The fourth-order valence-electron chi connectivity index (χ4n) is 2.42. The standard InChI is InChI=1S/C18H21N5O2S/c1-24-15-5-3-2-4-12(15)8-9-21-17(20)23-18-22-14(11-26-18)16-7-6-13(10-19)25-16/h2-7,11H,8-10,19H2,1H3,(H3,20,21,22,23). The number of nitrogens with two attached hydrogens (primary N) is 2. The third-order valence-corrected chi connectivity index (χ3v) is 4.47. The van der Waals surface area contributed by atoms with E-state index in [1.807, 2.05) is 41.8 Å². The Balaban J connectivity index is 1.57. The van der Waals surface area contributed by atoms with E-state index in [1.165, 1.54) is 11.3 Å². The van der Waals surface area contributed by atoms with Gasteiger partial charge in [-0.15, -0.1) is 11.3 Å². The maximum absolute atomic E-state index is 5.95. The Morgan fingerprint density at radius 3 is 2.92 bits per heavy atom. The number of thiazole rings is 1. The Kier molecular flexibility index (Phi) is 5.88. The van der Waals surface area contributed by atoms with Gasteiger partial charge in [-0.05, 0) is 30.2 Å². The SMILES string of the molecule is COc1ccccc1CCN=C(N)Nc1nc(-c2ccc(CN)o2)cs1. The van der Waals surface area contributed by atoms with Crippen LogP contribution in [0.1, 0.15) is 11.3 Å². The summed E-state index contributed by atoms with van der Waals surface area (Å²) >= 11 is 1.43. The fourth-order valence-corrected chi connectivity index (χ4v) is 3.13. The minimum Gasteiger partial charge on any atom is -0.496 e. The van der Waals surface area contributed by atoms with Gasteiger partial charge in [-0.25, -0.2) is 4.98 Å². The Labute approximate surface area is 155 Å². The average Bonchev–Trinajstić information content (AvgIpc) is 3.31. The maximum atomic E-state index is 5.95. The van der Waals surface area contributed by atoms with Gasteiger partial charge in [0.2, 0.25) is 0 Å². The highest BCUT2D eigenvalue weighted by molar-refractivity contribution is 7.14. The number of furan rings is 1. The van der Waals surface area contributed by atoms with Gasteiger partial charge >= 0.3 is 0 Å². The van der Waals surface area contributed by atoms with Crippen molar-refractivity contribution in [3.05, 3.63) is 53.1 Å². The Morgan fingerprint density at radius 2 is 2.15 bits per heavy atom. The summed E-state index contributed by atoms with van der Waals surface area (Å²) in [6, 6.07) is 11.6. The van der Waals surface area contributed by atoms with Crippen molar-refractivity contribution in [2.45, 2.75) is 13.0 Å². The van der Waals surface area contributed by atoms with Gasteiger partial charge in [0.05, 0.1) is 13.7 Å². The molecule has 3 rings (SSSR count). The van der Waals surface area contributed by atoms with Crippen LogP contribution in [0.4, 0.5) is 5.13 Å². The molecule has 26 heavy (non-hydrogen) atoms. The molecule has 0 atom stereocenters. The van der Waals surface area contributed by atoms with Gasteiger partial charge in [0.15, 0.2) is 16.9 Å². The van der Waals surface area contributed by atoms with Crippen molar-refractivity contribution in [2.24, 2.45) is 16.5 Å². The number of benzene rings is 1. The van der Waals surface area contributed by atoms with E-state index in [4.69, 9.17) is 20.6 Å². The number of nitrogens with zero attached hydrogens (tertiary/aromatic N) is 2. The molecule has 136 valence electrons. The van der Waals surface area contributed by atoms with Crippen LogP contribution in [0.15, 0.2) is 51.2 Å². The van der Waals surface area contributed by atoms with E-state index >= 15 is 0 Å². The second kappa shape index (κ2) is 8.50. The number of aromatic nitrogens is 1. The summed E-state index contributed by atoms with van der Waals surface area (Å²) in [7, 11) is 1.66. The number of guanidine groups is 1. The zero-order valence-electron chi connectivity index (χ0n) is 14.4. The molecule has 0 spiro atoms. The molecule has 7 nitrogen and oxygen atoms in total. The molecule has 0 radical (unpaired) electrons. The summed E-state index contributed by atoms with van der Waals surface area (Å²) in [6.45, 7) is 0.913. The van der Waals surface area contributed by atoms with E-state index in [0.29, 0.717) is 29.9 Å². The number of nitrogens with one attached hydrogen (secondary N) is 1. The Morgan fingerprint density at radius 1 is 1.31 bits per heavy atom. The summed E-state index contributed by atoms with van der Waals surface area (Å²) in [6.07, 6.45) is 0.740. The number of hydrogen-bond donors (Lipinski definition) is 3. The van der Waals surface area contributed by atoms with Crippen LogP contribution in [0.2, 0.25) is 0 Å². The van der Waals surface area contributed by atoms with Crippen molar-refractivity contribution in [1.29, 1.82) is 0 Å². The van der Waals surface area contributed by atoms with Crippen LogP contribution >= 0.6 is 11.3 Å². The quantitative estimate of drug-likeness (QED) is 0.435. The molecule has 5 N–H and O–H groups in total. The average molecular weight is 371 g/mol.